The normalized spacial score (nSPS) is 10.7. The molecule has 4 nitrogen and oxygen atoms in total. The summed E-state index contributed by atoms with van der Waals surface area (Å²) in [6, 6.07) is 23.5. The third kappa shape index (κ3) is 6.22. The van der Waals surface area contributed by atoms with Crippen molar-refractivity contribution in [3.8, 4) is 11.5 Å². The molecule has 0 saturated carbocycles. The number of hydrogen-bond acceptors (Lipinski definition) is 5. The monoisotopic (exact) mass is 460 g/mol. The van der Waals surface area contributed by atoms with Crippen molar-refractivity contribution in [2.75, 3.05) is 5.32 Å². The molecule has 32 heavy (non-hydrogen) atoms. The number of rotatable bonds is 8. The molecule has 1 aromatic heterocycles. The number of aromatic nitrogens is 1. The number of carbonyl (C=O) groups excluding carboxylic acids is 1. The Morgan fingerprint density at radius 2 is 1.75 bits per heavy atom. The number of para-hydroxylation sites is 1. The SMILES string of the molecule is Cc1ccc(C)c(CSc2nc(CC(=O)Nc3ccc(Oc4ccccc4)cc3)cs2)c1. The largest absolute Gasteiger partial charge is 0.457 e. The average Bonchev–Trinajstić information content (AvgIpc) is 3.23. The molecular formula is C26H24N2O2S2. The lowest BCUT2D eigenvalue weighted by Gasteiger charge is -2.07. The van der Waals surface area contributed by atoms with Crippen LogP contribution in [0.25, 0.3) is 0 Å². The summed E-state index contributed by atoms with van der Waals surface area (Å²) in [6.45, 7) is 4.24. The van der Waals surface area contributed by atoms with Gasteiger partial charge in [-0.15, -0.1) is 11.3 Å². The van der Waals surface area contributed by atoms with Crippen LogP contribution in [0.4, 0.5) is 5.69 Å². The van der Waals surface area contributed by atoms with Crippen molar-refractivity contribution in [1.82, 2.24) is 4.98 Å². The van der Waals surface area contributed by atoms with Gasteiger partial charge < -0.3 is 10.1 Å². The maximum absolute atomic E-state index is 12.4. The molecule has 162 valence electrons. The van der Waals surface area contributed by atoms with Crippen LogP contribution in [0.5, 0.6) is 11.5 Å². The van der Waals surface area contributed by atoms with Gasteiger partial charge in [0.2, 0.25) is 5.91 Å². The van der Waals surface area contributed by atoms with Crippen LogP contribution < -0.4 is 10.1 Å². The Balaban J connectivity index is 1.28. The summed E-state index contributed by atoms with van der Waals surface area (Å²) < 4.78 is 6.76. The van der Waals surface area contributed by atoms with Gasteiger partial charge in [0.15, 0.2) is 0 Å². The summed E-state index contributed by atoms with van der Waals surface area (Å²) in [7, 11) is 0. The molecule has 1 heterocycles. The molecule has 1 amide bonds. The quantitative estimate of drug-likeness (QED) is 0.287. The van der Waals surface area contributed by atoms with E-state index in [-0.39, 0.29) is 12.3 Å². The van der Waals surface area contributed by atoms with Crippen molar-refractivity contribution in [1.29, 1.82) is 0 Å². The first kappa shape index (κ1) is 22.1. The fourth-order valence-electron chi connectivity index (χ4n) is 3.13. The topological polar surface area (TPSA) is 51.2 Å². The van der Waals surface area contributed by atoms with Crippen molar-refractivity contribution in [2.24, 2.45) is 0 Å². The van der Waals surface area contributed by atoms with Gasteiger partial charge in [-0.2, -0.15) is 0 Å². The van der Waals surface area contributed by atoms with E-state index >= 15 is 0 Å². The Kier molecular flexibility index (Phi) is 7.24. The molecular weight excluding hydrogens is 436 g/mol. The molecule has 0 saturated heterocycles. The van der Waals surface area contributed by atoms with Crippen LogP contribution in [0.2, 0.25) is 0 Å². The van der Waals surface area contributed by atoms with E-state index in [1.165, 1.54) is 16.7 Å². The van der Waals surface area contributed by atoms with E-state index in [1.807, 2.05) is 60.0 Å². The van der Waals surface area contributed by atoms with Crippen LogP contribution in [0.15, 0.2) is 82.5 Å². The predicted octanol–water partition coefficient (Wildman–Crippen LogP) is 7.03. The second-order valence-electron chi connectivity index (χ2n) is 7.49. The zero-order chi connectivity index (χ0) is 22.3. The van der Waals surface area contributed by atoms with Crippen LogP contribution in [-0.4, -0.2) is 10.9 Å². The summed E-state index contributed by atoms with van der Waals surface area (Å²) >= 11 is 3.30. The first-order valence-electron chi connectivity index (χ1n) is 10.3. The van der Waals surface area contributed by atoms with Gasteiger partial charge in [0.25, 0.3) is 0 Å². The van der Waals surface area contributed by atoms with Gasteiger partial charge in [0.1, 0.15) is 15.8 Å². The maximum Gasteiger partial charge on any atom is 0.230 e. The highest BCUT2D eigenvalue weighted by atomic mass is 32.2. The Bertz CT molecular complexity index is 1190. The van der Waals surface area contributed by atoms with Crippen molar-refractivity contribution >= 4 is 34.7 Å². The molecule has 4 aromatic rings. The number of anilines is 1. The predicted molar refractivity (Wildman–Crippen MR) is 133 cm³/mol. The molecule has 0 atom stereocenters. The second kappa shape index (κ2) is 10.5. The van der Waals surface area contributed by atoms with E-state index in [1.54, 1.807) is 23.1 Å². The molecule has 0 unspecified atom stereocenters. The number of thioether (sulfide) groups is 1. The summed E-state index contributed by atoms with van der Waals surface area (Å²) in [5, 5.41) is 4.89. The van der Waals surface area contributed by atoms with E-state index in [4.69, 9.17) is 4.74 Å². The lowest BCUT2D eigenvalue weighted by molar-refractivity contribution is -0.115. The van der Waals surface area contributed by atoms with E-state index in [0.717, 1.165) is 33.0 Å². The Morgan fingerprint density at radius 3 is 2.53 bits per heavy atom. The Hall–Kier alpha value is -3.09. The van der Waals surface area contributed by atoms with E-state index in [2.05, 4.69) is 42.3 Å². The van der Waals surface area contributed by atoms with Crippen molar-refractivity contribution in [3.63, 3.8) is 0 Å². The third-order valence-electron chi connectivity index (χ3n) is 4.85. The number of aryl methyl sites for hydroxylation is 2. The fourth-order valence-corrected chi connectivity index (χ4v) is 5.04. The molecule has 0 radical (unpaired) electrons. The minimum atomic E-state index is -0.0851. The molecule has 0 aliphatic heterocycles. The van der Waals surface area contributed by atoms with Crippen molar-refractivity contribution in [2.45, 2.75) is 30.4 Å². The number of thiazole rings is 1. The van der Waals surface area contributed by atoms with E-state index < -0.39 is 0 Å². The highest BCUT2D eigenvalue weighted by Gasteiger charge is 2.10. The highest BCUT2D eigenvalue weighted by molar-refractivity contribution is 8.00. The van der Waals surface area contributed by atoms with Crippen molar-refractivity contribution < 1.29 is 9.53 Å². The molecule has 0 aliphatic rings. The number of amides is 1. The fraction of sp³-hybridized carbons (Fsp3) is 0.154. The third-order valence-corrected chi connectivity index (χ3v) is 6.96. The zero-order valence-corrected chi connectivity index (χ0v) is 19.6. The smallest absolute Gasteiger partial charge is 0.230 e. The number of nitrogens with zero attached hydrogens (tertiary/aromatic N) is 1. The summed E-state index contributed by atoms with van der Waals surface area (Å²) in [5.74, 6) is 2.29. The Morgan fingerprint density at radius 1 is 1.00 bits per heavy atom. The minimum absolute atomic E-state index is 0.0851. The standard InChI is InChI=1S/C26H24N2O2S2/c1-18-8-9-19(2)20(14-18)16-31-26-28-22(17-32-26)15-25(29)27-21-10-12-24(13-11-21)30-23-6-4-3-5-7-23/h3-14,17H,15-16H2,1-2H3,(H,27,29). The van der Waals surface area contributed by atoms with Crippen molar-refractivity contribution in [3.05, 3.63) is 101 Å². The first-order valence-corrected chi connectivity index (χ1v) is 12.2. The number of carbonyl (C=O) groups is 1. The molecule has 3 aromatic carbocycles. The van der Waals surface area contributed by atoms with Gasteiger partial charge >= 0.3 is 0 Å². The Labute approximate surface area is 196 Å². The lowest BCUT2D eigenvalue weighted by atomic mass is 10.1. The second-order valence-corrected chi connectivity index (χ2v) is 9.57. The maximum atomic E-state index is 12.4. The van der Waals surface area contributed by atoms with Gasteiger partial charge in [0, 0.05) is 16.8 Å². The summed E-state index contributed by atoms with van der Waals surface area (Å²) in [5.41, 5.74) is 5.40. The average molecular weight is 461 g/mol. The van der Waals surface area contributed by atoms with Crippen LogP contribution in [0, 0.1) is 13.8 Å². The summed E-state index contributed by atoms with van der Waals surface area (Å²) in [4.78, 5) is 17.1. The molecule has 6 heteroatoms. The summed E-state index contributed by atoms with van der Waals surface area (Å²) in [6.07, 6.45) is 0.253. The van der Waals surface area contributed by atoms with Gasteiger partial charge in [-0.05, 0) is 61.4 Å². The number of benzene rings is 3. The van der Waals surface area contributed by atoms with Crippen LogP contribution in [-0.2, 0) is 17.0 Å². The van der Waals surface area contributed by atoms with Gasteiger partial charge in [-0.3, -0.25) is 4.79 Å². The molecule has 0 fully saturated rings. The van der Waals surface area contributed by atoms with Crippen LogP contribution >= 0.6 is 23.1 Å². The molecule has 0 bridgehead atoms. The molecule has 0 spiro atoms. The lowest BCUT2D eigenvalue weighted by Crippen LogP contribution is -2.14. The highest BCUT2D eigenvalue weighted by Crippen LogP contribution is 2.28. The number of nitrogens with one attached hydrogen (secondary N) is 1. The number of ether oxygens (including phenoxy) is 1. The van der Waals surface area contributed by atoms with Gasteiger partial charge in [0.05, 0.1) is 12.1 Å². The minimum Gasteiger partial charge on any atom is -0.457 e. The van der Waals surface area contributed by atoms with Crippen LogP contribution in [0.1, 0.15) is 22.4 Å². The zero-order valence-electron chi connectivity index (χ0n) is 18.0. The van der Waals surface area contributed by atoms with Gasteiger partial charge in [-0.25, -0.2) is 4.98 Å². The van der Waals surface area contributed by atoms with E-state index in [0.29, 0.717) is 0 Å². The van der Waals surface area contributed by atoms with Crippen LogP contribution in [0.3, 0.4) is 0 Å². The first-order chi connectivity index (χ1) is 15.5. The number of hydrogen-bond donors (Lipinski definition) is 1. The van der Waals surface area contributed by atoms with Gasteiger partial charge in [-0.1, -0.05) is 53.7 Å². The molecule has 0 aliphatic carbocycles. The van der Waals surface area contributed by atoms with E-state index in [9.17, 15) is 4.79 Å². The molecule has 1 N–H and O–H groups in total. The molecule has 4 rings (SSSR count).